The summed E-state index contributed by atoms with van der Waals surface area (Å²) in [6, 6.07) is 9.34. The van der Waals surface area contributed by atoms with Gasteiger partial charge in [-0.25, -0.2) is 14.5 Å². The maximum Gasteiger partial charge on any atom is 0.203 e. The molecule has 1 aliphatic carbocycles. The van der Waals surface area contributed by atoms with Gasteiger partial charge in [-0.1, -0.05) is 12.8 Å². The van der Waals surface area contributed by atoms with E-state index in [0.29, 0.717) is 46.3 Å². The number of anilines is 2. The Morgan fingerprint density at radius 3 is 2.05 bits per heavy atom. The Balaban J connectivity index is 1.70. The van der Waals surface area contributed by atoms with E-state index in [1.165, 1.54) is 12.8 Å². The number of aryl methyl sites for hydroxylation is 1. The number of nitrogens with one attached hydrogen (secondary N) is 1. The highest BCUT2D eigenvalue weighted by Crippen LogP contribution is 2.42. The minimum Gasteiger partial charge on any atom is -0.493 e. The Kier molecular flexibility index (Phi) is 7.13. The normalized spacial score (nSPS) is 13.5. The molecular weight excluding hydrogens is 486 g/mol. The summed E-state index contributed by atoms with van der Waals surface area (Å²) in [6.07, 6.45) is 4.60. The first-order chi connectivity index (χ1) is 18.5. The monoisotopic (exact) mass is 519 g/mol. The third kappa shape index (κ3) is 4.51. The summed E-state index contributed by atoms with van der Waals surface area (Å²) in [7, 11) is 7.99. The Morgan fingerprint density at radius 2 is 1.45 bits per heavy atom. The van der Waals surface area contributed by atoms with Gasteiger partial charge in [0.2, 0.25) is 5.75 Å². The van der Waals surface area contributed by atoms with E-state index in [4.69, 9.17) is 38.8 Å². The van der Waals surface area contributed by atoms with Gasteiger partial charge < -0.3 is 29.0 Å². The number of hydrogen-bond acceptors (Lipinski definition) is 9. The van der Waals surface area contributed by atoms with Crippen molar-refractivity contribution < 1.29 is 23.7 Å². The molecule has 1 aliphatic rings. The zero-order chi connectivity index (χ0) is 26.8. The van der Waals surface area contributed by atoms with E-state index >= 15 is 0 Å². The van der Waals surface area contributed by atoms with Crippen molar-refractivity contribution in [1.29, 1.82) is 0 Å². The van der Waals surface area contributed by atoms with Gasteiger partial charge in [0, 0.05) is 29.3 Å². The Labute approximate surface area is 221 Å². The van der Waals surface area contributed by atoms with Gasteiger partial charge in [0.15, 0.2) is 34.6 Å². The Bertz CT molecular complexity index is 1440. The average Bonchev–Trinajstić information content (AvgIpc) is 3.60. The molecule has 0 saturated heterocycles. The van der Waals surface area contributed by atoms with E-state index in [2.05, 4.69) is 5.32 Å². The fourth-order valence-electron chi connectivity index (χ4n) is 5.11. The van der Waals surface area contributed by atoms with E-state index < -0.39 is 0 Å². The number of nitrogens with zero attached hydrogens (tertiary/aromatic N) is 4. The lowest BCUT2D eigenvalue weighted by Gasteiger charge is -2.16. The molecule has 10 nitrogen and oxygen atoms in total. The molecule has 0 unspecified atom stereocenters. The van der Waals surface area contributed by atoms with Crippen LogP contribution in [-0.2, 0) is 0 Å². The highest BCUT2D eigenvalue weighted by Gasteiger charge is 2.26. The summed E-state index contributed by atoms with van der Waals surface area (Å²) in [5.74, 6) is 5.31. The van der Waals surface area contributed by atoms with Crippen LogP contribution < -0.4 is 29.0 Å². The van der Waals surface area contributed by atoms with Crippen molar-refractivity contribution in [2.24, 2.45) is 0 Å². The number of ether oxygens (including phenoxy) is 5. The number of fused-ring (bicyclic) bond motifs is 1. The fraction of sp³-hybridized carbons (Fsp3) is 0.393. The van der Waals surface area contributed by atoms with Crippen LogP contribution in [0, 0.1) is 6.92 Å². The SMILES string of the molecule is COc1ccc(-c2nc(Nc3cc(OC)c(OC)c(OC)c3)c3c(C)nc(C4CCCC4)n3n2)cc1OC. The lowest BCUT2D eigenvalue weighted by Crippen LogP contribution is -2.08. The highest BCUT2D eigenvalue weighted by atomic mass is 16.5. The fourth-order valence-corrected chi connectivity index (χ4v) is 5.11. The zero-order valence-electron chi connectivity index (χ0n) is 22.6. The predicted octanol–water partition coefficient (Wildman–Crippen LogP) is 5.54. The second-order valence-corrected chi connectivity index (χ2v) is 9.19. The van der Waals surface area contributed by atoms with E-state index in [1.54, 1.807) is 35.5 Å². The molecule has 0 spiro atoms. The van der Waals surface area contributed by atoms with Crippen molar-refractivity contribution in [2.75, 3.05) is 40.9 Å². The molecule has 0 atom stereocenters. The second-order valence-electron chi connectivity index (χ2n) is 9.19. The van der Waals surface area contributed by atoms with Gasteiger partial charge in [-0.05, 0) is 38.0 Å². The van der Waals surface area contributed by atoms with Gasteiger partial charge in [-0.2, -0.15) is 0 Å². The molecule has 2 aromatic carbocycles. The standard InChI is InChI=1S/C28H33N5O5/c1-16-24-27(30-19-14-22(36-4)25(38-6)23(15-19)37-5)31-26(18-11-12-20(34-2)21(13-18)35-3)32-33(24)28(29-16)17-9-7-8-10-17/h11-15,17H,7-10H2,1-6H3,(H,30,31,32). The second kappa shape index (κ2) is 10.6. The van der Waals surface area contributed by atoms with Crippen LogP contribution in [0.1, 0.15) is 43.1 Å². The minimum absolute atomic E-state index is 0.360. The Morgan fingerprint density at radius 1 is 0.789 bits per heavy atom. The summed E-state index contributed by atoms with van der Waals surface area (Å²) in [6.45, 7) is 1.99. The quantitative estimate of drug-likeness (QED) is 0.305. The van der Waals surface area contributed by atoms with E-state index in [0.717, 1.165) is 41.1 Å². The summed E-state index contributed by atoms with van der Waals surface area (Å²) in [5.41, 5.74) is 3.20. The molecule has 2 aromatic heterocycles. The summed E-state index contributed by atoms with van der Waals surface area (Å²) >= 11 is 0. The molecule has 200 valence electrons. The first-order valence-corrected chi connectivity index (χ1v) is 12.6. The predicted molar refractivity (Wildman–Crippen MR) is 145 cm³/mol. The topological polar surface area (TPSA) is 101 Å². The van der Waals surface area contributed by atoms with Crippen LogP contribution in [0.5, 0.6) is 28.7 Å². The van der Waals surface area contributed by atoms with Crippen LogP contribution in [0.25, 0.3) is 16.9 Å². The maximum absolute atomic E-state index is 5.56. The van der Waals surface area contributed by atoms with Crippen LogP contribution in [0.3, 0.4) is 0 Å². The smallest absolute Gasteiger partial charge is 0.203 e. The van der Waals surface area contributed by atoms with E-state index in [-0.39, 0.29) is 0 Å². The third-order valence-electron chi connectivity index (χ3n) is 6.98. The van der Waals surface area contributed by atoms with Crippen LogP contribution in [0.4, 0.5) is 11.5 Å². The lowest BCUT2D eigenvalue weighted by molar-refractivity contribution is 0.324. The van der Waals surface area contributed by atoms with Gasteiger partial charge in [-0.3, -0.25) is 0 Å². The van der Waals surface area contributed by atoms with Crippen molar-refractivity contribution in [2.45, 2.75) is 38.5 Å². The van der Waals surface area contributed by atoms with Gasteiger partial charge in [0.25, 0.3) is 0 Å². The molecule has 1 N–H and O–H groups in total. The lowest BCUT2D eigenvalue weighted by atomic mass is 10.1. The molecule has 4 aromatic rings. The van der Waals surface area contributed by atoms with Crippen molar-refractivity contribution in [3.63, 3.8) is 0 Å². The molecule has 0 aliphatic heterocycles. The number of aromatic nitrogens is 4. The first kappa shape index (κ1) is 25.4. The highest BCUT2D eigenvalue weighted by molar-refractivity contribution is 5.79. The molecule has 2 heterocycles. The summed E-state index contributed by atoms with van der Waals surface area (Å²) in [4.78, 5) is 9.93. The van der Waals surface area contributed by atoms with Crippen LogP contribution >= 0.6 is 0 Å². The number of imidazole rings is 1. The number of hydrogen-bond donors (Lipinski definition) is 1. The maximum atomic E-state index is 5.56. The average molecular weight is 520 g/mol. The molecule has 10 heteroatoms. The number of methoxy groups -OCH3 is 5. The molecular formula is C28H33N5O5. The van der Waals surface area contributed by atoms with Crippen LogP contribution in [0.15, 0.2) is 30.3 Å². The van der Waals surface area contributed by atoms with Crippen molar-refractivity contribution in [1.82, 2.24) is 19.6 Å². The molecule has 0 radical (unpaired) electrons. The van der Waals surface area contributed by atoms with Gasteiger partial charge in [0.05, 0.1) is 41.2 Å². The van der Waals surface area contributed by atoms with Crippen LogP contribution in [-0.4, -0.2) is 55.1 Å². The first-order valence-electron chi connectivity index (χ1n) is 12.6. The number of benzene rings is 2. The van der Waals surface area contributed by atoms with E-state index in [9.17, 15) is 0 Å². The van der Waals surface area contributed by atoms with Crippen molar-refractivity contribution >= 4 is 17.0 Å². The molecule has 38 heavy (non-hydrogen) atoms. The van der Waals surface area contributed by atoms with Crippen molar-refractivity contribution in [3.05, 3.63) is 41.9 Å². The molecule has 0 bridgehead atoms. The van der Waals surface area contributed by atoms with Gasteiger partial charge in [-0.15, -0.1) is 5.10 Å². The molecule has 1 saturated carbocycles. The van der Waals surface area contributed by atoms with Gasteiger partial charge in [0.1, 0.15) is 11.3 Å². The summed E-state index contributed by atoms with van der Waals surface area (Å²) in [5, 5.41) is 8.45. The van der Waals surface area contributed by atoms with Crippen molar-refractivity contribution in [3.8, 4) is 40.1 Å². The van der Waals surface area contributed by atoms with Gasteiger partial charge >= 0.3 is 0 Å². The van der Waals surface area contributed by atoms with E-state index in [1.807, 2.05) is 41.8 Å². The molecule has 5 rings (SSSR count). The Hall–Kier alpha value is -4.21. The zero-order valence-corrected chi connectivity index (χ0v) is 22.6. The summed E-state index contributed by atoms with van der Waals surface area (Å²) < 4.78 is 29.5. The minimum atomic E-state index is 0.360. The van der Waals surface area contributed by atoms with Crippen LogP contribution in [0.2, 0.25) is 0 Å². The molecule has 0 amide bonds. The number of rotatable bonds is 9. The largest absolute Gasteiger partial charge is 0.493 e. The molecule has 1 fully saturated rings. The third-order valence-corrected chi connectivity index (χ3v) is 6.98.